The molecule has 0 fully saturated rings. The predicted octanol–water partition coefficient (Wildman–Crippen LogP) is 3.05. The van der Waals surface area contributed by atoms with Crippen molar-refractivity contribution in [2.75, 3.05) is 6.54 Å². The first kappa shape index (κ1) is 17.4. The van der Waals surface area contributed by atoms with Gasteiger partial charge in [0.1, 0.15) is 16.1 Å². The SMILES string of the molecule is CCN(Cc1ccccc1)C(=O)Cn1cnc2c(sc3ncccc32)c1=O. The fraction of sp³-hybridized carbons (Fsp3) is 0.200. The molecule has 0 radical (unpaired) electrons. The molecule has 4 rings (SSSR count). The van der Waals surface area contributed by atoms with E-state index >= 15 is 0 Å². The van der Waals surface area contributed by atoms with Crippen molar-refractivity contribution in [2.45, 2.75) is 20.0 Å². The van der Waals surface area contributed by atoms with Gasteiger partial charge in [0.25, 0.3) is 5.56 Å². The first-order valence-corrected chi connectivity index (χ1v) is 9.53. The van der Waals surface area contributed by atoms with E-state index in [0.717, 1.165) is 15.8 Å². The lowest BCUT2D eigenvalue weighted by molar-refractivity contribution is -0.132. The lowest BCUT2D eigenvalue weighted by Crippen LogP contribution is -2.36. The molecule has 27 heavy (non-hydrogen) atoms. The second-order valence-electron chi connectivity index (χ2n) is 6.21. The number of amides is 1. The van der Waals surface area contributed by atoms with E-state index in [1.165, 1.54) is 22.2 Å². The summed E-state index contributed by atoms with van der Waals surface area (Å²) >= 11 is 1.31. The first-order valence-electron chi connectivity index (χ1n) is 8.71. The fourth-order valence-electron chi connectivity index (χ4n) is 3.04. The molecular weight excluding hydrogens is 360 g/mol. The smallest absolute Gasteiger partial charge is 0.271 e. The number of carbonyl (C=O) groups excluding carboxylic acids is 1. The average Bonchev–Trinajstić information content (AvgIpc) is 3.08. The summed E-state index contributed by atoms with van der Waals surface area (Å²) < 4.78 is 1.92. The number of thiophene rings is 1. The van der Waals surface area contributed by atoms with Crippen LogP contribution >= 0.6 is 11.3 Å². The molecule has 7 heteroatoms. The Kier molecular flexibility index (Phi) is 4.68. The van der Waals surface area contributed by atoms with Crippen LogP contribution in [0, 0.1) is 0 Å². The normalized spacial score (nSPS) is 11.1. The summed E-state index contributed by atoms with van der Waals surface area (Å²) in [6.07, 6.45) is 3.15. The number of aromatic nitrogens is 3. The van der Waals surface area contributed by atoms with Crippen molar-refractivity contribution in [3.8, 4) is 0 Å². The third-order valence-corrected chi connectivity index (χ3v) is 5.57. The van der Waals surface area contributed by atoms with Crippen molar-refractivity contribution in [1.82, 2.24) is 19.4 Å². The Bertz CT molecular complexity index is 1170. The van der Waals surface area contributed by atoms with Gasteiger partial charge >= 0.3 is 0 Å². The molecule has 136 valence electrons. The van der Waals surface area contributed by atoms with Crippen LogP contribution in [-0.4, -0.2) is 31.9 Å². The largest absolute Gasteiger partial charge is 0.337 e. The van der Waals surface area contributed by atoms with E-state index in [9.17, 15) is 9.59 Å². The van der Waals surface area contributed by atoms with Crippen LogP contribution in [0.1, 0.15) is 12.5 Å². The van der Waals surface area contributed by atoms with Crippen molar-refractivity contribution in [2.24, 2.45) is 0 Å². The molecule has 0 N–H and O–H groups in total. The Balaban J connectivity index is 1.62. The van der Waals surface area contributed by atoms with Gasteiger partial charge in [0.2, 0.25) is 5.91 Å². The zero-order chi connectivity index (χ0) is 18.8. The van der Waals surface area contributed by atoms with Gasteiger partial charge in [-0.1, -0.05) is 30.3 Å². The van der Waals surface area contributed by atoms with Crippen LogP contribution in [0.25, 0.3) is 20.4 Å². The number of pyridine rings is 1. The van der Waals surface area contributed by atoms with Gasteiger partial charge in [-0.2, -0.15) is 0 Å². The van der Waals surface area contributed by atoms with Gasteiger partial charge in [0.05, 0.1) is 11.8 Å². The molecule has 3 heterocycles. The molecule has 0 aliphatic carbocycles. The topological polar surface area (TPSA) is 68.1 Å². The van der Waals surface area contributed by atoms with Crippen LogP contribution in [0.3, 0.4) is 0 Å². The maximum absolute atomic E-state index is 12.8. The standard InChI is InChI=1S/C20H18N4O2S/c1-2-23(11-14-7-4-3-5-8-14)16(25)12-24-13-22-17-15-9-6-10-21-19(15)27-18(17)20(24)26/h3-10,13H,2,11-12H2,1H3. The Hall–Kier alpha value is -3.06. The molecule has 0 aliphatic rings. The molecule has 1 amide bonds. The Labute approximate surface area is 159 Å². The highest BCUT2D eigenvalue weighted by Gasteiger charge is 2.16. The van der Waals surface area contributed by atoms with E-state index in [-0.39, 0.29) is 18.0 Å². The summed E-state index contributed by atoms with van der Waals surface area (Å²) in [5.41, 5.74) is 1.50. The summed E-state index contributed by atoms with van der Waals surface area (Å²) in [7, 11) is 0. The minimum Gasteiger partial charge on any atom is -0.337 e. The number of rotatable bonds is 5. The summed E-state index contributed by atoms with van der Waals surface area (Å²) in [6.45, 7) is 3.01. The van der Waals surface area contributed by atoms with Crippen LogP contribution in [0.5, 0.6) is 0 Å². The molecule has 0 spiro atoms. The number of nitrogens with zero attached hydrogens (tertiary/aromatic N) is 4. The second-order valence-corrected chi connectivity index (χ2v) is 7.21. The van der Waals surface area contributed by atoms with Gasteiger partial charge < -0.3 is 4.90 Å². The van der Waals surface area contributed by atoms with Crippen LogP contribution < -0.4 is 5.56 Å². The van der Waals surface area contributed by atoms with Crippen LogP contribution in [0.2, 0.25) is 0 Å². The molecule has 0 unspecified atom stereocenters. The van der Waals surface area contributed by atoms with E-state index in [2.05, 4.69) is 9.97 Å². The zero-order valence-electron chi connectivity index (χ0n) is 14.8. The van der Waals surface area contributed by atoms with Crippen molar-refractivity contribution < 1.29 is 4.79 Å². The molecule has 4 aromatic rings. The third kappa shape index (κ3) is 3.33. The quantitative estimate of drug-likeness (QED) is 0.535. The number of fused-ring (bicyclic) bond motifs is 3. The van der Waals surface area contributed by atoms with Gasteiger partial charge in [-0.05, 0) is 24.6 Å². The van der Waals surface area contributed by atoms with Gasteiger partial charge in [0, 0.05) is 24.7 Å². The van der Waals surface area contributed by atoms with Gasteiger partial charge in [-0.3, -0.25) is 14.2 Å². The second kappa shape index (κ2) is 7.28. The Morgan fingerprint density at radius 3 is 2.74 bits per heavy atom. The average molecular weight is 378 g/mol. The zero-order valence-corrected chi connectivity index (χ0v) is 15.6. The van der Waals surface area contributed by atoms with E-state index in [1.54, 1.807) is 11.1 Å². The predicted molar refractivity (Wildman–Crippen MR) is 107 cm³/mol. The van der Waals surface area contributed by atoms with Crippen LogP contribution in [0.4, 0.5) is 0 Å². The van der Waals surface area contributed by atoms with E-state index in [1.807, 2.05) is 49.4 Å². The molecule has 0 aliphatic heterocycles. The molecule has 0 bridgehead atoms. The van der Waals surface area contributed by atoms with E-state index in [4.69, 9.17) is 0 Å². The number of likely N-dealkylation sites (N-methyl/N-ethyl adjacent to an activating group) is 1. The number of hydrogen-bond donors (Lipinski definition) is 0. The van der Waals surface area contributed by atoms with Crippen molar-refractivity contribution in [1.29, 1.82) is 0 Å². The highest BCUT2D eigenvalue weighted by Crippen LogP contribution is 2.27. The molecule has 0 atom stereocenters. The van der Waals surface area contributed by atoms with Gasteiger partial charge in [0.15, 0.2) is 0 Å². The third-order valence-electron chi connectivity index (χ3n) is 4.48. The number of benzene rings is 1. The van der Waals surface area contributed by atoms with Crippen LogP contribution in [0.15, 0.2) is 59.8 Å². The van der Waals surface area contributed by atoms with Gasteiger partial charge in [-0.25, -0.2) is 9.97 Å². The van der Waals surface area contributed by atoms with Crippen molar-refractivity contribution >= 4 is 37.7 Å². The lowest BCUT2D eigenvalue weighted by Gasteiger charge is -2.21. The molecule has 0 saturated heterocycles. The summed E-state index contributed by atoms with van der Waals surface area (Å²) in [5, 5.41) is 0.868. The molecule has 3 aromatic heterocycles. The Morgan fingerprint density at radius 1 is 1.15 bits per heavy atom. The van der Waals surface area contributed by atoms with Crippen LogP contribution in [-0.2, 0) is 17.9 Å². The molecular formula is C20H18N4O2S. The van der Waals surface area contributed by atoms with Crippen molar-refractivity contribution in [3.63, 3.8) is 0 Å². The van der Waals surface area contributed by atoms with E-state index < -0.39 is 0 Å². The molecule has 1 aromatic carbocycles. The minimum atomic E-state index is -0.202. The summed E-state index contributed by atoms with van der Waals surface area (Å²) in [4.78, 5) is 36.8. The monoisotopic (exact) mass is 378 g/mol. The highest BCUT2D eigenvalue weighted by molar-refractivity contribution is 7.25. The first-order chi connectivity index (χ1) is 13.2. The fourth-order valence-corrected chi connectivity index (χ4v) is 4.09. The van der Waals surface area contributed by atoms with E-state index in [0.29, 0.717) is 23.3 Å². The number of hydrogen-bond acceptors (Lipinski definition) is 5. The maximum Gasteiger partial charge on any atom is 0.271 e. The minimum absolute atomic E-state index is 0.0237. The Morgan fingerprint density at radius 2 is 1.96 bits per heavy atom. The summed E-state index contributed by atoms with van der Waals surface area (Å²) in [6, 6.07) is 13.6. The van der Waals surface area contributed by atoms with Crippen molar-refractivity contribution in [3.05, 3.63) is 70.9 Å². The molecule has 6 nitrogen and oxygen atoms in total. The lowest BCUT2D eigenvalue weighted by atomic mass is 10.2. The summed E-state index contributed by atoms with van der Waals surface area (Å²) in [5.74, 6) is -0.108. The maximum atomic E-state index is 12.8. The van der Waals surface area contributed by atoms with Gasteiger partial charge in [-0.15, -0.1) is 11.3 Å². The number of carbonyl (C=O) groups is 1. The highest BCUT2D eigenvalue weighted by atomic mass is 32.1. The molecule has 0 saturated carbocycles.